The van der Waals surface area contributed by atoms with Gasteiger partial charge in [0.2, 0.25) is 0 Å². The van der Waals surface area contributed by atoms with Crippen LogP contribution in [0.4, 0.5) is 4.39 Å². The largest absolute Gasteiger partial charge is 0.489 e. The number of hydrogen-bond donors (Lipinski definition) is 2. The fourth-order valence-corrected chi connectivity index (χ4v) is 3.19. The molecule has 0 saturated heterocycles. The maximum Gasteiger partial charge on any atom is 0.489 e. The minimum absolute atomic E-state index is 0.262. The highest BCUT2D eigenvalue weighted by molar-refractivity contribution is 14.1. The van der Waals surface area contributed by atoms with Crippen molar-refractivity contribution >= 4 is 56.6 Å². The molecule has 1 aromatic heterocycles. The number of hydrogen-bond acceptors (Lipinski definition) is 3. The second-order valence-corrected chi connectivity index (χ2v) is 4.89. The molecule has 2 nitrogen and oxygen atoms in total. The average Bonchev–Trinajstić information content (AvgIpc) is 2.46. The zero-order valence-electron chi connectivity index (χ0n) is 6.87. The predicted octanol–water partition coefficient (Wildman–Crippen LogP) is 1.32. The summed E-state index contributed by atoms with van der Waals surface area (Å²) in [6.07, 6.45) is 0. The monoisotopic (exact) mass is 322 g/mol. The van der Waals surface area contributed by atoms with Crippen LogP contribution in [0.3, 0.4) is 0 Å². The lowest BCUT2D eigenvalue weighted by atomic mass is 9.80. The van der Waals surface area contributed by atoms with Crippen LogP contribution in [0.5, 0.6) is 0 Å². The minimum atomic E-state index is -1.50. The molecule has 0 fully saturated rings. The van der Waals surface area contributed by atoms with Crippen LogP contribution in [-0.2, 0) is 0 Å². The Morgan fingerprint density at radius 3 is 2.71 bits per heavy atom. The minimum Gasteiger partial charge on any atom is -0.423 e. The average molecular weight is 322 g/mol. The van der Waals surface area contributed by atoms with Crippen molar-refractivity contribution in [3.8, 4) is 0 Å². The Morgan fingerprint density at radius 2 is 2.07 bits per heavy atom. The van der Waals surface area contributed by atoms with Crippen LogP contribution in [0.15, 0.2) is 18.2 Å². The Kier molecular flexibility index (Phi) is 2.78. The molecule has 2 aromatic rings. The van der Waals surface area contributed by atoms with E-state index < -0.39 is 7.12 Å². The SMILES string of the molecule is OB(O)c1ccc2cc(F)sc2c1I. The van der Waals surface area contributed by atoms with Gasteiger partial charge in [0.1, 0.15) is 0 Å². The first kappa shape index (κ1) is 10.3. The summed E-state index contributed by atoms with van der Waals surface area (Å²) in [5.74, 6) is 0. The fraction of sp³-hybridized carbons (Fsp3) is 0. The van der Waals surface area contributed by atoms with Crippen LogP contribution in [-0.4, -0.2) is 17.2 Å². The van der Waals surface area contributed by atoms with Gasteiger partial charge in [-0.05, 0) is 39.5 Å². The zero-order valence-corrected chi connectivity index (χ0v) is 9.84. The van der Waals surface area contributed by atoms with Gasteiger partial charge in [0, 0.05) is 3.57 Å². The smallest absolute Gasteiger partial charge is 0.423 e. The number of benzene rings is 1. The van der Waals surface area contributed by atoms with E-state index in [9.17, 15) is 4.39 Å². The van der Waals surface area contributed by atoms with Crippen LogP contribution in [0.2, 0.25) is 0 Å². The Morgan fingerprint density at radius 1 is 1.36 bits per heavy atom. The Bertz CT molecular complexity index is 485. The second-order valence-electron chi connectivity index (χ2n) is 2.81. The molecule has 1 heterocycles. The third kappa shape index (κ3) is 1.67. The highest BCUT2D eigenvalue weighted by atomic mass is 127. The third-order valence-electron chi connectivity index (χ3n) is 1.90. The maximum atomic E-state index is 12.9. The van der Waals surface area contributed by atoms with Crippen LogP contribution in [0.25, 0.3) is 10.1 Å². The summed E-state index contributed by atoms with van der Waals surface area (Å²) in [7, 11) is -1.50. The normalized spacial score (nSPS) is 10.9. The Hall–Kier alpha value is -0.175. The molecular weight excluding hydrogens is 317 g/mol. The van der Waals surface area contributed by atoms with Crippen molar-refractivity contribution in [3.05, 3.63) is 26.9 Å². The quantitative estimate of drug-likeness (QED) is 0.614. The lowest BCUT2D eigenvalue weighted by molar-refractivity contribution is 0.425. The van der Waals surface area contributed by atoms with Crippen LogP contribution in [0.1, 0.15) is 0 Å². The van der Waals surface area contributed by atoms with Crippen LogP contribution in [0, 0.1) is 8.70 Å². The summed E-state index contributed by atoms with van der Waals surface area (Å²) in [5.41, 5.74) is 0.417. The Balaban J connectivity index is 2.74. The highest BCUT2D eigenvalue weighted by Gasteiger charge is 2.17. The lowest BCUT2D eigenvalue weighted by Gasteiger charge is -2.02. The van der Waals surface area contributed by atoms with Crippen molar-refractivity contribution < 1.29 is 14.4 Å². The van der Waals surface area contributed by atoms with Gasteiger partial charge in [-0.2, -0.15) is 4.39 Å². The molecule has 2 N–H and O–H groups in total. The fourth-order valence-electron chi connectivity index (χ4n) is 1.25. The number of halogens is 2. The molecule has 0 aliphatic rings. The molecule has 0 unspecified atom stereocenters. The van der Waals surface area contributed by atoms with E-state index in [4.69, 9.17) is 10.0 Å². The van der Waals surface area contributed by atoms with E-state index in [1.807, 2.05) is 22.6 Å². The Labute approximate surface area is 97.7 Å². The van der Waals surface area contributed by atoms with Crippen molar-refractivity contribution in [1.82, 2.24) is 0 Å². The molecule has 1 aromatic carbocycles. The molecule has 0 atom stereocenters. The third-order valence-corrected chi connectivity index (χ3v) is 4.39. The van der Waals surface area contributed by atoms with E-state index in [-0.39, 0.29) is 5.13 Å². The van der Waals surface area contributed by atoms with Gasteiger partial charge >= 0.3 is 7.12 Å². The van der Waals surface area contributed by atoms with E-state index in [2.05, 4.69) is 0 Å². The van der Waals surface area contributed by atoms with Gasteiger partial charge in [-0.15, -0.1) is 11.3 Å². The lowest BCUT2D eigenvalue weighted by Crippen LogP contribution is -2.32. The van der Waals surface area contributed by atoms with Gasteiger partial charge in [-0.1, -0.05) is 12.1 Å². The van der Waals surface area contributed by atoms with Gasteiger partial charge in [0.15, 0.2) is 5.13 Å². The molecule has 0 bridgehead atoms. The predicted molar refractivity (Wildman–Crippen MR) is 64.3 cm³/mol. The standard InChI is InChI=1S/C8H5BFIO2S/c10-6-3-4-1-2-5(9(12)13)7(11)8(4)14-6/h1-3,12-13H. The van der Waals surface area contributed by atoms with Crippen LogP contribution < -0.4 is 5.46 Å². The van der Waals surface area contributed by atoms with Gasteiger partial charge in [-0.25, -0.2) is 0 Å². The molecule has 0 aliphatic carbocycles. The molecule has 0 spiro atoms. The molecule has 72 valence electrons. The van der Waals surface area contributed by atoms with E-state index in [1.54, 1.807) is 12.1 Å². The summed E-state index contributed by atoms with van der Waals surface area (Å²) in [5, 5.41) is 18.6. The van der Waals surface area contributed by atoms with Gasteiger partial charge in [-0.3, -0.25) is 0 Å². The molecule has 6 heteroatoms. The van der Waals surface area contributed by atoms with E-state index in [1.165, 1.54) is 6.07 Å². The van der Waals surface area contributed by atoms with Gasteiger partial charge in [0.05, 0.1) is 4.70 Å². The van der Waals surface area contributed by atoms with E-state index >= 15 is 0 Å². The molecule has 0 saturated carbocycles. The van der Waals surface area contributed by atoms with Crippen molar-refractivity contribution in [2.75, 3.05) is 0 Å². The first-order valence-corrected chi connectivity index (χ1v) is 5.72. The zero-order chi connectivity index (χ0) is 10.3. The maximum absolute atomic E-state index is 12.9. The molecule has 0 radical (unpaired) electrons. The van der Waals surface area contributed by atoms with Crippen LogP contribution >= 0.6 is 33.9 Å². The summed E-state index contributed by atoms with van der Waals surface area (Å²) in [4.78, 5) is 0. The summed E-state index contributed by atoms with van der Waals surface area (Å²) >= 11 is 3.00. The van der Waals surface area contributed by atoms with E-state index in [0.29, 0.717) is 9.03 Å². The van der Waals surface area contributed by atoms with Crippen molar-refractivity contribution in [2.45, 2.75) is 0 Å². The number of rotatable bonds is 1. The van der Waals surface area contributed by atoms with Gasteiger partial charge < -0.3 is 10.0 Å². The van der Waals surface area contributed by atoms with Gasteiger partial charge in [0.25, 0.3) is 0 Å². The van der Waals surface area contributed by atoms with Crippen molar-refractivity contribution in [1.29, 1.82) is 0 Å². The first-order chi connectivity index (χ1) is 6.59. The first-order valence-electron chi connectivity index (χ1n) is 3.83. The van der Waals surface area contributed by atoms with Crippen molar-refractivity contribution in [3.63, 3.8) is 0 Å². The summed E-state index contributed by atoms with van der Waals surface area (Å²) in [6.45, 7) is 0. The molecule has 2 rings (SSSR count). The number of fused-ring (bicyclic) bond motifs is 1. The van der Waals surface area contributed by atoms with Crippen molar-refractivity contribution in [2.24, 2.45) is 0 Å². The topological polar surface area (TPSA) is 40.5 Å². The van der Waals surface area contributed by atoms with E-state index in [0.717, 1.165) is 21.4 Å². The molecular formula is C8H5BFIO2S. The number of thiophene rings is 1. The molecule has 0 aliphatic heterocycles. The molecule has 0 amide bonds. The highest BCUT2D eigenvalue weighted by Crippen LogP contribution is 2.27. The summed E-state index contributed by atoms with van der Waals surface area (Å²) in [6, 6.07) is 4.72. The molecule has 14 heavy (non-hydrogen) atoms. The summed E-state index contributed by atoms with van der Waals surface area (Å²) < 4.78 is 14.4. The second kappa shape index (κ2) is 3.76.